The molecule has 0 atom stereocenters. The van der Waals surface area contributed by atoms with Crippen molar-refractivity contribution in [2.24, 2.45) is 0 Å². The van der Waals surface area contributed by atoms with Crippen LogP contribution in [-0.4, -0.2) is 16.1 Å². The highest BCUT2D eigenvalue weighted by atomic mass is 127. The van der Waals surface area contributed by atoms with E-state index >= 15 is 0 Å². The van der Waals surface area contributed by atoms with Crippen LogP contribution in [0.4, 0.5) is 10.7 Å². The predicted octanol–water partition coefficient (Wildman–Crippen LogP) is 3.84. The van der Waals surface area contributed by atoms with Gasteiger partial charge in [-0.2, -0.15) is 0 Å². The van der Waals surface area contributed by atoms with Crippen LogP contribution in [0.1, 0.15) is 10.5 Å². The van der Waals surface area contributed by atoms with Gasteiger partial charge in [-0.3, -0.25) is 0 Å². The van der Waals surface area contributed by atoms with E-state index in [0.717, 1.165) is 3.57 Å². The summed E-state index contributed by atoms with van der Waals surface area (Å²) >= 11 is 9.42. The van der Waals surface area contributed by atoms with Gasteiger partial charge < -0.3 is 10.4 Å². The van der Waals surface area contributed by atoms with Crippen LogP contribution < -0.4 is 5.32 Å². The van der Waals surface area contributed by atoms with Gasteiger partial charge in [-0.15, -0.1) is 11.3 Å². The molecule has 2 aromatic rings. The molecular weight excluding hydrogens is 375 g/mol. The van der Waals surface area contributed by atoms with E-state index in [0.29, 0.717) is 15.7 Å². The number of thiazole rings is 1. The maximum absolute atomic E-state index is 10.9. The second-order valence-corrected chi connectivity index (χ2v) is 5.59. The van der Waals surface area contributed by atoms with E-state index in [2.05, 4.69) is 32.9 Å². The maximum atomic E-state index is 10.9. The minimum absolute atomic E-state index is 0.00427. The minimum Gasteiger partial charge on any atom is -0.476 e. The molecule has 7 heteroatoms. The van der Waals surface area contributed by atoms with E-state index in [9.17, 15) is 4.79 Å². The lowest BCUT2D eigenvalue weighted by Gasteiger charge is -2.06. The average molecular weight is 381 g/mol. The number of hydrogen-bond acceptors (Lipinski definition) is 4. The van der Waals surface area contributed by atoms with E-state index in [1.807, 2.05) is 6.07 Å². The molecule has 0 unspecified atom stereocenters. The zero-order valence-electron chi connectivity index (χ0n) is 8.28. The first-order valence-electron chi connectivity index (χ1n) is 4.47. The number of rotatable bonds is 3. The van der Waals surface area contributed by atoms with Gasteiger partial charge in [0.25, 0.3) is 0 Å². The van der Waals surface area contributed by atoms with Crippen molar-refractivity contribution in [3.8, 4) is 0 Å². The fourth-order valence-corrected chi connectivity index (χ4v) is 2.79. The lowest BCUT2D eigenvalue weighted by Crippen LogP contribution is -2.01. The van der Waals surface area contributed by atoms with Crippen molar-refractivity contribution in [1.82, 2.24) is 4.98 Å². The number of hydrogen-bond donors (Lipinski definition) is 2. The minimum atomic E-state index is -1.06. The summed E-state index contributed by atoms with van der Waals surface area (Å²) < 4.78 is 1.01. The maximum Gasteiger partial charge on any atom is 0.357 e. The van der Waals surface area contributed by atoms with Crippen molar-refractivity contribution >= 4 is 62.2 Å². The monoisotopic (exact) mass is 380 g/mol. The summed E-state index contributed by atoms with van der Waals surface area (Å²) in [5, 5.41) is 12.9. The number of halogens is 2. The van der Waals surface area contributed by atoms with Crippen LogP contribution >= 0.6 is 45.5 Å². The highest BCUT2D eigenvalue weighted by Crippen LogP contribution is 2.30. The molecule has 0 spiro atoms. The number of carboxylic acids is 1. The highest BCUT2D eigenvalue weighted by Gasteiger charge is 2.14. The van der Waals surface area contributed by atoms with Crippen molar-refractivity contribution < 1.29 is 9.90 Å². The summed E-state index contributed by atoms with van der Waals surface area (Å²) in [5.41, 5.74) is 2.15. The first-order chi connectivity index (χ1) is 8.08. The van der Waals surface area contributed by atoms with Crippen molar-refractivity contribution in [3.63, 3.8) is 0 Å². The predicted molar refractivity (Wildman–Crippen MR) is 76.5 cm³/mol. The first kappa shape index (κ1) is 12.6. The van der Waals surface area contributed by atoms with Gasteiger partial charge in [-0.05, 0) is 40.8 Å². The van der Waals surface area contributed by atoms with Gasteiger partial charge in [0.15, 0.2) is 5.69 Å². The third-order valence-corrected chi connectivity index (χ3v) is 3.67. The Balaban J connectivity index is 2.31. The molecule has 4 nitrogen and oxygen atoms in total. The summed E-state index contributed by atoms with van der Waals surface area (Å²) in [6, 6.07) is 5.48. The number of anilines is 2. The molecular formula is C10H6ClIN2O2S. The molecule has 2 rings (SSSR count). The SMILES string of the molecule is O=C(O)c1ncsc1Nc1ccc(I)cc1Cl. The summed E-state index contributed by atoms with van der Waals surface area (Å²) in [6.07, 6.45) is 0. The zero-order chi connectivity index (χ0) is 12.4. The molecule has 17 heavy (non-hydrogen) atoms. The number of carbonyl (C=O) groups is 1. The normalized spacial score (nSPS) is 10.2. The zero-order valence-corrected chi connectivity index (χ0v) is 12.0. The Morgan fingerprint density at radius 1 is 1.53 bits per heavy atom. The Labute approximate surface area is 120 Å². The number of carboxylic acid groups (broad SMARTS) is 1. The van der Waals surface area contributed by atoms with Crippen LogP contribution in [0.15, 0.2) is 23.7 Å². The summed E-state index contributed by atoms with van der Waals surface area (Å²) in [7, 11) is 0. The van der Waals surface area contributed by atoms with Crippen LogP contribution in [0.5, 0.6) is 0 Å². The Bertz CT molecular complexity index is 573. The van der Waals surface area contributed by atoms with Gasteiger partial charge in [0.2, 0.25) is 0 Å². The molecule has 0 fully saturated rings. The number of aromatic carboxylic acids is 1. The Hall–Kier alpha value is -0.860. The van der Waals surface area contributed by atoms with Crippen LogP contribution in [0.25, 0.3) is 0 Å². The molecule has 2 N–H and O–H groups in total. The van der Waals surface area contributed by atoms with Gasteiger partial charge in [0.1, 0.15) is 5.00 Å². The van der Waals surface area contributed by atoms with Gasteiger partial charge in [0.05, 0.1) is 16.2 Å². The van der Waals surface area contributed by atoms with Crippen molar-refractivity contribution in [2.75, 3.05) is 5.32 Å². The Morgan fingerprint density at radius 3 is 2.94 bits per heavy atom. The lowest BCUT2D eigenvalue weighted by molar-refractivity contribution is 0.0692. The number of aromatic nitrogens is 1. The summed E-state index contributed by atoms with van der Waals surface area (Å²) in [6.45, 7) is 0. The summed E-state index contributed by atoms with van der Waals surface area (Å²) in [5.74, 6) is -1.06. The first-order valence-corrected chi connectivity index (χ1v) is 6.80. The van der Waals surface area contributed by atoms with Gasteiger partial charge in [-0.25, -0.2) is 9.78 Å². The molecule has 88 valence electrons. The second kappa shape index (κ2) is 5.19. The third kappa shape index (κ3) is 2.88. The molecule has 0 aliphatic rings. The molecule has 0 amide bonds. The molecule has 1 heterocycles. The van der Waals surface area contributed by atoms with E-state index in [4.69, 9.17) is 16.7 Å². The van der Waals surface area contributed by atoms with E-state index in [-0.39, 0.29) is 5.69 Å². The lowest BCUT2D eigenvalue weighted by atomic mass is 10.3. The second-order valence-electron chi connectivity index (χ2n) is 3.08. The van der Waals surface area contributed by atoms with Crippen molar-refractivity contribution in [1.29, 1.82) is 0 Å². The number of nitrogens with zero attached hydrogens (tertiary/aromatic N) is 1. The summed E-state index contributed by atoms with van der Waals surface area (Å²) in [4.78, 5) is 14.7. The molecule has 0 saturated heterocycles. The molecule has 0 aliphatic heterocycles. The van der Waals surface area contributed by atoms with Gasteiger partial charge in [-0.1, -0.05) is 11.6 Å². The van der Waals surface area contributed by atoms with E-state index in [1.54, 1.807) is 12.1 Å². The smallest absolute Gasteiger partial charge is 0.357 e. The van der Waals surface area contributed by atoms with Crippen LogP contribution in [0, 0.1) is 3.57 Å². The number of nitrogens with one attached hydrogen (secondary N) is 1. The van der Waals surface area contributed by atoms with Crippen molar-refractivity contribution in [3.05, 3.63) is 38.0 Å². The number of benzene rings is 1. The molecule has 0 aliphatic carbocycles. The molecule has 0 saturated carbocycles. The Morgan fingerprint density at radius 2 is 2.29 bits per heavy atom. The molecule has 1 aromatic carbocycles. The van der Waals surface area contributed by atoms with E-state index < -0.39 is 5.97 Å². The topological polar surface area (TPSA) is 62.2 Å². The average Bonchev–Trinajstić information content (AvgIpc) is 2.70. The van der Waals surface area contributed by atoms with Crippen LogP contribution in [0.3, 0.4) is 0 Å². The van der Waals surface area contributed by atoms with Gasteiger partial charge in [0, 0.05) is 3.57 Å². The fourth-order valence-electron chi connectivity index (χ4n) is 1.20. The largest absolute Gasteiger partial charge is 0.476 e. The van der Waals surface area contributed by atoms with Crippen molar-refractivity contribution in [2.45, 2.75) is 0 Å². The quantitative estimate of drug-likeness (QED) is 0.794. The van der Waals surface area contributed by atoms with Crippen LogP contribution in [0.2, 0.25) is 5.02 Å². The highest BCUT2D eigenvalue weighted by molar-refractivity contribution is 14.1. The standard InChI is InChI=1S/C10H6ClIN2O2S/c11-6-3-5(12)1-2-7(6)14-9-8(10(15)16)13-4-17-9/h1-4,14H,(H,15,16). The molecule has 0 bridgehead atoms. The van der Waals surface area contributed by atoms with Gasteiger partial charge >= 0.3 is 5.97 Å². The van der Waals surface area contributed by atoms with E-state index in [1.165, 1.54) is 16.8 Å². The molecule has 0 radical (unpaired) electrons. The molecule has 1 aromatic heterocycles. The third-order valence-electron chi connectivity index (χ3n) is 1.95. The Kier molecular flexibility index (Phi) is 3.85. The van der Waals surface area contributed by atoms with Crippen LogP contribution in [-0.2, 0) is 0 Å². The fraction of sp³-hybridized carbons (Fsp3) is 0.